The van der Waals surface area contributed by atoms with Gasteiger partial charge in [0, 0.05) is 31.3 Å². The van der Waals surface area contributed by atoms with Crippen LogP contribution in [-0.2, 0) is 14.3 Å². The van der Waals surface area contributed by atoms with Crippen LogP contribution in [-0.4, -0.2) is 61.9 Å². The highest BCUT2D eigenvalue weighted by molar-refractivity contribution is 5.79. The second-order valence-electron chi connectivity index (χ2n) is 7.05. The molecule has 126 valence electrons. The molecular weight excluding hydrogens is 280 g/mol. The quantitative estimate of drug-likeness (QED) is 0.856. The van der Waals surface area contributed by atoms with Gasteiger partial charge >= 0.3 is 0 Å². The molecule has 0 radical (unpaired) electrons. The molecule has 3 fully saturated rings. The van der Waals surface area contributed by atoms with Gasteiger partial charge in [0.2, 0.25) is 5.91 Å². The van der Waals surface area contributed by atoms with Gasteiger partial charge in [0.05, 0.1) is 25.7 Å². The van der Waals surface area contributed by atoms with E-state index < -0.39 is 0 Å². The molecule has 2 saturated heterocycles. The molecule has 0 aromatic rings. The second kappa shape index (κ2) is 7.28. The molecule has 2 aliphatic heterocycles. The molecule has 3 aliphatic rings. The van der Waals surface area contributed by atoms with Crippen LogP contribution in [0, 0.1) is 5.92 Å². The molecular formula is C17H30N2O3. The molecule has 0 spiro atoms. The van der Waals surface area contributed by atoms with E-state index in [-0.39, 0.29) is 23.4 Å². The molecule has 5 heteroatoms. The fraction of sp³-hybridized carbons (Fsp3) is 0.941. The topological polar surface area (TPSA) is 50.8 Å². The Morgan fingerprint density at radius 1 is 1.14 bits per heavy atom. The third-order valence-corrected chi connectivity index (χ3v) is 5.81. The molecule has 1 amide bonds. The molecule has 1 saturated carbocycles. The first-order chi connectivity index (χ1) is 10.7. The zero-order chi connectivity index (χ0) is 15.4. The number of amides is 1. The Kier molecular flexibility index (Phi) is 5.37. The fourth-order valence-corrected chi connectivity index (χ4v) is 4.43. The average Bonchev–Trinajstić information content (AvgIpc) is 3.07. The number of rotatable bonds is 4. The van der Waals surface area contributed by atoms with E-state index in [0.29, 0.717) is 6.61 Å². The van der Waals surface area contributed by atoms with Crippen molar-refractivity contribution < 1.29 is 14.3 Å². The maximum absolute atomic E-state index is 12.6. The molecule has 2 atom stereocenters. The van der Waals surface area contributed by atoms with Crippen LogP contribution in [0.2, 0.25) is 0 Å². The Morgan fingerprint density at radius 3 is 2.50 bits per heavy atom. The lowest BCUT2D eigenvalue weighted by atomic mass is 9.86. The van der Waals surface area contributed by atoms with Crippen LogP contribution in [0.5, 0.6) is 0 Å². The zero-order valence-electron chi connectivity index (χ0n) is 13.8. The van der Waals surface area contributed by atoms with Gasteiger partial charge < -0.3 is 14.8 Å². The highest BCUT2D eigenvalue weighted by Crippen LogP contribution is 2.38. The van der Waals surface area contributed by atoms with Gasteiger partial charge in [-0.2, -0.15) is 0 Å². The molecule has 22 heavy (non-hydrogen) atoms. The lowest BCUT2D eigenvalue weighted by Crippen LogP contribution is -2.62. The molecule has 0 aromatic carbocycles. The normalized spacial score (nSPS) is 30.9. The molecule has 0 aromatic heterocycles. The second-order valence-corrected chi connectivity index (χ2v) is 7.05. The van der Waals surface area contributed by atoms with Crippen molar-refractivity contribution in [2.45, 2.75) is 57.0 Å². The number of hydrogen-bond acceptors (Lipinski definition) is 4. The van der Waals surface area contributed by atoms with Gasteiger partial charge in [-0.15, -0.1) is 0 Å². The van der Waals surface area contributed by atoms with E-state index in [1.165, 1.54) is 25.7 Å². The number of nitrogens with one attached hydrogen (secondary N) is 1. The summed E-state index contributed by atoms with van der Waals surface area (Å²) in [5.74, 6) is 0.228. The average molecular weight is 310 g/mol. The zero-order valence-corrected chi connectivity index (χ0v) is 13.8. The van der Waals surface area contributed by atoms with Crippen molar-refractivity contribution in [1.82, 2.24) is 10.2 Å². The summed E-state index contributed by atoms with van der Waals surface area (Å²) in [4.78, 5) is 15.1. The van der Waals surface area contributed by atoms with Crippen molar-refractivity contribution >= 4 is 5.91 Å². The fourth-order valence-electron chi connectivity index (χ4n) is 4.43. The highest BCUT2D eigenvalue weighted by atomic mass is 16.5. The van der Waals surface area contributed by atoms with Crippen LogP contribution in [0.3, 0.4) is 0 Å². The van der Waals surface area contributed by atoms with Gasteiger partial charge in [0.15, 0.2) is 0 Å². The van der Waals surface area contributed by atoms with E-state index in [1.54, 1.807) is 0 Å². The first kappa shape index (κ1) is 16.2. The summed E-state index contributed by atoms with van der Waals surface area (Å²) in [6.07, 6.45) is 6.88. The molecule has 5 nitrogen and oxygen atoms in total. The van der Waals surface area contributed by atoms with Crippen molar-refractivity contribution in [1.29, 1.82) is 0 Å². The van der Waals surface area contributed by atoms with Crippen molar-refractivity contribution in [3.8, 4) is 0 Å². The molecule has 0 bridgehead atoms. The van der Waals surface area contributed by atoms with E-state index in [0.717, 1.165) is 45.8 Å². The number of morpholine rings is 1. The molecule has 3 rings (SSSR count). The Labute approximate surface area is 133 Å². The van der Waals surface area contributed by atoms with Crippen molar-refractivity contribution in [3.05, 3.63) is 0 Å². The SMILES string of the molecule is C[C@@H](NC(=O)[C@H]1CCCOC1)C1(N2CCOCC2)CCCC1. The Morgan fingerprint density at radius 2 is 1.86 bits per heavy atom. The van der Waals surface area contributed by atoms with E-state index >= 15 is 0 Å². The van der Waals surface area contributed by atoms with Crippen LogP contribution >= 0.6 is 0 Å². The Balaban J connectivity index is 1.64. The minimum atomic E-state index is 0.0411. The number of ether oxygens (including phenoxy) is 2. The summed E-state index contributed by atoms with van der Waals surface area (Å²) in [5, 5.41) is 3.33. The van der Waals surface area contributed by atoms with Gasteiger partial charge in [-0.3, -0.25) is 9.69 Å². The lowest BCUT2D eigenvalue weighted by molar-refractivity contribution is -0.131. The summed E-state index contributed by atoms with van der Waals surface area (Å²) in [6.45, 7) is 7.21. The Bertz CT molecular complexity index is 370. The largest absolute Gasteiger partial charge is 0.381 e. The summed E-state index contributed by atoms with van der Waals surface area (Å²) < 4.78 is 11.0. The molecule has 1 aliphatic carbocycles. The highest BCUT2D eigenvalue weighted by Gasteiger charge is 2.45. The predicted octanol–water partition coefficient (Wildman–Crippen LogP) is 1.56. The van der Waals surface area contributed by atoms with Gasteiger partial charge in [0.1, 0.15) is 0 Å². The van der Waals surface area contributed by atoms with Crippen molar-refractivity contribution in [2.75, 3.05) is 39.5 Å². The van der Waals surface area contributed by atoms with Crippen molar-refractivity contribution in [3.63, 3.8) is 0 Å². The van der Waals surface area contributed by atoms with Crippen LogP contribution in [0.4, 0.5) is 0 Å². The van der Waals surface area contributed by atoms with Crippen LogP contribution in [0.25, 0.3) is 0 Å². The lowest BCUT2D eigenvalue weighted by Gasteiger charge is -2.47. The number of nitrogens with zero attached hydrogens (tertiary/aromatic N) is 1. The monoisotopic (exact) mass is 310 g/mol. The minimum absolute atomic E-state index is 0.0411. The van der Waals surface area contributed by atoms with Crippen LogP contribution in [0.1, 0.15) is 45.4 Å². The van der Waals surface area contributed by atoms with Gasteiger partial charge in [-0.1, -0.05) is 12.8 Å². The standard InChI is InChI=1S/C17H30N2O3/c1-14(18-16(20)15-5-4-10-22-13-15)17(6-2-3-7-17)19-8-11-21-12-9-19/h14-15H,2-13H2,1H3,(H,18,20)/t14-,15+/m1/s1. The van der Waals surface area contributed by atoms with Crippen molar-refractivity contribution in [2.24, 2.45) is 5.92 Å². The molecule has 1 N–H and O–H groups in total. The van der Waals surface area contributed by atoms with Crippen LogP contribution in [0.15, 0.2) is 0 Å². The summed E-state index contributed by atoms with van der Waals surface area (Å²) in [7, 11) is 0. The maximum atomic E-state index is 12.6. The number of hydrogen-bond donors (Lipinski definition) is 1. The third-order valence-electron chi connectivity index (χ3n) is 5.81. The van der Waals surface area contributed by atoms with Crippen LogP contribution < -0.4 is 5.32 Å². The first-order valence-corrected chi connectivity index (χ1v) is 8.93. The minimum Gasteiger partial charge on any atom is -0.381 e. The van der Waals surface area contributed by atoms with Gasteiger partial charge in [0.25, 0.3) is 0 Å². The number of carbonyl (C=O) groups is 1. The Hall–Kier alpha value is -0.650. The smallest absolute Gasteiger partial charge is 0.225 e. The third kappa shape index (κ3) is 3.31. The summed E-state index contributed by atoms with van der Waals surface area (Å²) >= 11 is 0. The molecule has 0 unspecified atom stereocenters. The van der Waals surface area contributed by atoms with Gasteiger partial charge in [-0.05, 0) is 32.6 Å². The predicted molar refractivity (Wildman–Crippen MR) is 84.7 cm³/mol. The number of carbonyl (C=O) groups excluding carboxylic acids is 1. The van der Waals surface area contributed by atoms with E-state index in [4.69, 9.17) is 9.47 Å². The van der Waals surface area contributed by atoms with E-state index in [2.05, 4.69) is 17.1 Å². The summed E-state index contributed by atoms with van der Waals surface area (Å²) in [5.41, 5.74) is 0.134. The molecule has 2 heterocycles. The van der Waals surface area contributed by atoms with E-state index in [9.17, 15) is 4.79 Å². The van der Waals surface area contributed by atoms with Gasteiger partial charge in [-0.25, -0.2) is 0 Å². The maximum Gasteiger partial charge on any atom is 0.225 e. The summed E-state index contributed by atoms with van der Waals surface area (Å²) in [6, 6.07) is 0.197. The van der Waals surface area contributed by atoms with E-state index in [1.807, 2.05) is 0 Å². The first-order valence-electron chi connectivity index (χ1n) is 8.93.